The average Bonchev–Trinajstić information content (AvgIpc) is 2.81. The van der Waals surface area contributed by atoms with E-state index in [0.717, 1.165) is 13.0 Å². The summed E-state index contributed by atoms with van der Waals surface area (Å²) in [7, 11) is 1.61. The van der Waals surface area contributed by atoms with E-state index in [1.165, 1.54) is 25.7 Å². The third-order valence-electron chi connectivity index (χ3n) is 3.70. The molecular formula is C14H27NO2. The van der Waals surface area contributed by atoms with E-state index in [0.29, 0.717) is 12.0 Å². The Morgan fingerprint density at radius 2 is 1.88 bits per heavy atom. The van der Waals surface area contributed by atoms with Gasteiger partial charge >= 0.3 is 0 Å². The van der Waals surface area contributed by atoms with Crippen molar-refractivity contribution < 1.29 is 9.53 Å². The maximum absolute atomic E-state index is 12.3. The predicted octanol–water partition coefficient (Wildman–Crippen LogP) is 2.84. The van der Waals surface area contributed by atoms with Crippen molar-refractivity contribution in [3.63, 3.8) is 0 Å². The first-order valence-corrected chi connectivity index (χ1v) is 6.89. The monoisotopic (exact) mass is 241 g/mol. The Labute approximate surface area is 106 Å². The zero-order chi connectivity index (χ0) is 12.8. The van der Waals surface area contributed by atoms with Gasteiger partial charge in [-0.2, -0.15) is 0 Å². The molecule has 0 aromatic heterocycles. The van der Waals surface area contributed by atoms with Crippen LogP contribution in [0.3, 0.4) is 0 Å². The highest BCUT2D eigenvalue weighted by molar-refractivity contribution is 5.80. The van der Waals surface area contributed by atoms with Gasteiger partial charge in [-0.05, 0) is 32.1 Å². The van der Waals surface area contributed by atoms with Gasteiger partial charge in [0.15, 0.2) is 0 Å². The maximum Gasteiger partial charge on any atom is 0.251 e. The zero-order valence-corrected chi connectivity index (χ0v) is 11.7. The minimum atomic E-state index is -0.303. The van der Waals surface area contributed by atoms with E-state index < -0.39 is 0 Å². The molecule has 0 saturated heterocycles. The quantitative estimate of drug-likeness (QED) is 0.715. The van der Waals surface area contributed by atoms with Crippen LogP contribution in [0, 0.1) is 5.92 Å². The smallest absolute Gasteiger partial charge is 0.251 e. The minimum absolute atomic E-state index is 0.167. The molecule has 1 aliphatic carbocycles. The van der Waals surface area contributed by atoms with Gasteiger partial charge in [-0.25, -0.2) is 0 Å². The van der Waals surface area contributed by atoms with E-state index in [1.807, 2.05) is 6.92 Å². The molecule has 17 heavy (non-hydrogen) atoms. The van der Waals surface area contributed by atoms with Crippen LogP contribution in [0.15, 0.2) is 0 Å². The Morgan fingerprint density at radius 3 is 2.35 bits per heavy atom. The molecule has 0 aromatic carbocycles. The van der Waals surface area contributed by atoms with Gasteiger partial charge in [0.05, 0.1) is 0 Å². The molecule has 0 bridgehead atoms. The molecule has 3 heteroatoms. The number of methoxy groups -OCH3 is 1. The highest BCUT2D eigenvalue weighted by Gasteiger charge is 2.29. The summed E-state index contributed by atoms with van der Waals surface area (Å²) < 4.78 is 5.17. The maximum atomic E-state index is 12.3. The fourth-order valence-electron chi connectivity index (χ4n) is 2.42. The number of rotatable bonds is 6. The summed E-state index contributed by atoms with van der Waals surface area (Å²) in [5, 5.41) is 0. The molecule has 1 rings (SSSR count). The standard InChI is InChI=1S/C14H27NO2/c1-11(2)9-10-15(13-7-5-6-8-13)14(16)12(3)17-4/h11-13H,5-10H2,1-4H3. The molecular weight excluding hydrogens is 214 g/mol. The lowest BCUT2D eigenvalue weighted by Gasteiger charge is -2.31. The molecule has 1 saturated carbocycles. The van der Waals surface area contributed by atoms with Crippen LogP contribution in [-0.4, -0.2) is 36.6 Å². The number of hydrogen-bond donors (Lipinski definition) is 0. The summed E-state index contributed by atoms with van der Waals surface area (Å²) in [4.78, 5) is 14.3. The second-order valence-electron chi connectivity index (χ2n) is 5.53. The molecule has 1 unspecified atom stereocenters. The van der Waals surface area contributed by atoms with E-state index in [-0.39, 0.29) is 12.0 Å². The van der Waals surface area contributed by atoms with Crippen molar-refractivity contribution in [2.45, 2.75) is 65.0 Å². The second kappa shape index (κ2) is 7.00. The molecule has 1 aliphatic rings. The van der Waals surface area contributed by atoms with Gasteiger partial charge in [-0.15, -0.1) is 0 Å². The summed E-state index contributed by atoms with van der Waals surface area (Å²) >= 11 is 0. The van der Waals surface area contributed by atoms with Gasteiger partial charge in [0.25, 0.3) is 5.91 Å². The Balaban J connectivity index is 2.60. The number of amides is 1. The number of carbonyl (C=O) groups excluding carboxylic acids is 1. The van der Waals surface area contributed by atoms with E-state index in [1.54, 1.807) is 7.11 Å². The lowest BCUT2D eigenvalue weighted by molar-refractivity contribution is -0.143. The van der Waals surface area contributed by atoms with Crippen LogP contribution in [0.5, 0.6) is 0 Å². The molecule has 1 amide bonds. The normalized spacial score (nSPS) is 18.6. The van der Waals surface area contributed by atoms with Crippen LogP contribution in [0.25, 0.3) is 0 Å². The van der Waals surface area contributed by atoms with Crippen molar-refractivity contribution >= 4 is 5.91 Å². The van der Waals surface area contributed by atoms with Crippen LogP contribution in [-0.2, 0) is 9.53 Å². The molecule has 1 atom stereocenters. The van der Waals surface area contributed by atoms with Crippen LogP contribution < -0.4 is 0 Å². The van der Waals surface area contributed by atoms with Crippen LogP contribution in [0.4, 0.5) is 0 Å². The van der Waals surface area contributed by atoms with E-state index >= 15 is 0 Å². The van der Waals surface area contributed by atoms with Gasteiger partial charge in [0.1, 0.15) is 6.10 Å². The lowest BCUT2D eigenvalue weighted by Crippen LogP contribution is -2.45. The van der Waals surface area contributed by atoms with Crippen molar-refractivity contribution in [3.05, 3.63) is 0 Å². The van der Waals surface area contributed by atoms with Crippen molar-refractivity contribution in [1.82, 2.24) is 4.90 Å². The molecule has 0 spiro atoms. The fourth-order valence-corrected chi connectivity index (χ4v) is 2.42. The van der Waals surface area contributed by atoms with Gasteiger partial charge in [-0.1, -0.05) is 26.7 Å². The minimum Gasteiger partial charge on any atom is -0.372 e. The summed E-state index contributed by atoms with van der Waals surface area (Å²) in [6.45, 7) is 7.14. The third kappa shape index (κ3) is 4.30. The summed E-state index contributed by atoms with van der Waals surface area (Å²) in [6, 6.07) is 0.457. The average molecular weight is 241 g/mol. The third-order valence-corrected chi connectivity index (χ3v) is 3.70. The first-order chi connectivity index (χ1) is 8.06. The summed E-state index contributed by atoms with van der Waals surface area (Å²) in [5.74, 6) is 0.810. The van der Waals surface area contributed by atoms with Gasteiger partial charge in [-0.3, -0.25) is 4.79 Å². The van der Waals surface area contributed by atoms with Gasteiger partial charge in [0, 0.05) is 19.7 Å². The highest BCUT2D eigenvalue weighted by atomic mass is 16.5. The molecule has 0 radical (unpaired) electrons. The molecule has 100 valence electrons. The van der Waals surface area contributed by atoms with Crippen molar-refractivity contribution in [3.8, 4) is 0 Å². The fraction of sp³-hybridized carbons (Fsp3) is 0.929. The van der Waals surface area contributed by atoms with E-state index in [4.69, 9.17) is 4.74 Å². The lowest BCUT2D eigenvalue weighted by atomic mass is 10.1. The number of ether oxygens (including phenoxy) is 1. The van der Waals surface area contributed by atoms with Gasteiger partial charge < -0.3 is 9.64 Å². The molecule has 0 aromatic rings. The molecule has 1 fully saturated rings. The SMILES string of the molecule is COC(C)C(=O)N(CCC(C)C)C1CCCC1. The predicted molar refractivity (Wildman–Crippen MR) is 69.9 cm³/mol. The summed E-state index contributed by atoms with van der Waals surface area (Å²) in [5.41, 5.74) is 0. The first-order valence-electron chi connectivity index (χ1n) is 6.89. The van der Waals surface area contributed by atoms with Crippen LogP contribution >= 0.6 is 0 Å². The Hall–Kier alpha value is -0.570. The largest absolute Gasteiger partial charge is 0.372 e. The molecule has 0 heterocycles. The topological polar surface area (TPSA) is 29.5 Å². The molecule has 0 N–H and O–H groups in total. The first kappa shape index (κ1) is 14.5. The number of hydrogen-bond acceptors (Lipinski definition) is 2. The van der Waals surface area contributed by atoms with Crippen molar-refractivity contribution in [2.75, 3.05) is 13.7 Å². The van der Waals surface area contributed by atoms with Crippen LogP contribution in [0.1, 0.15) is 52.9 Å². The Morgan fingerprint density at radius 1 is 1.29 bits per heavy atom. The van der Waals surface area contributed by atoms with E-state index in [9.17, 15) is 4.79 Å². The second-order valence-corrected chi connectivity index (χ2v) is 5.53. The summed E-state index contributed by atoms with van der Waals surface area (Å²) in [6.07, 6.45) is 5.64. The Kier molecular flexibility index (Phi) is 5.96. The van der Waals surface area contributed by atoms with Crippen molar-refractivity contribution in [2.24, 2.45) is 5.92 Å². The highest BCUT2D eigenvalue weighted by Crippen LogP contribution is 2.25. The number of carbonyl (C=O) groups is 1. The van der Waals surface area contributed by atoms with Crippen molar-refractivity contribution in [1.29, 1.82) is 0 Å². The van der Waals surface area contributed by atoms with Gasteiger partial charge in [0.2, 0.25) is 0 Å². The zero-order valence-electron chi connectivity index (χ0n) is 11.7. The Bertz CT molecular complexity index is 234. The molecule has 3 nitrogen and oxygen atoms in total. The number of nitrogens with zero attached hydrogens (tertiary/aromatic N) is 1. The molecule has 0 aliphatic heterocycles. The van der Waals surface area contributed by atoms with E-state index in [2.05, 4.69) is 18.7 Å². The van der Waals surface area contributed by atoms with Crippen LogP contribution in [0.2, 0.25) is 0 Å².